The van der Waals surface area contributed by atoms with Crippen LogP contribution < -0.4 is 15.8 Å². The van der Waals surface area contributed by atoms with Gasteiger partial charge < -0.3 is 20.5 Å². The average molecular weight is 253 g/mol. The number of nitrogens with two attached hydrogens (primary N) is 1. The SMILES string of the molecule is CCC(COC)Nc1ccc(N)c(OC(C)C)n1. The highest BCUT2D eigenvalue weighted by molar-refractivity contribution is 5.53. The second-order valence-corrected chi connectivity index (χ2v) is 4.46. The Bertz CT molecular complexity index is 369. The summed E-state index contributed by atoms with van der Waals surface area (Å²) in [7, 11) is 1.69. The van der Waals surface area contributed by atoms with Crippen molar-refractivity contribution in [1.29, 1.82) is 0 Å². The molecule has 1 rings (SSSR count). The quantitative estimate of drug-likeness (QED) is 0.780. The van der Waals surface area contributed by atoms with Gasteiger partial charge in [0.1, 0.15) is 5.82 Å². The van der Waals surface area contributed by atoms with E-state index in [2.05, 4.69) is 17.2 Å². The van der Waals surface area contributed by atoms with Gasteiger partial charge in [0, 0.05) is 7.11 Å². The number of aromatic nitrogens is 1. The summed E-state index contributed by atoms with van der Waals surface area (Å²) in [6.07, 6.45) is 1.01. The lowest BCUT2D eigenvalue weighted by molar-refractivity contribution is 0.184. The maximum absolute atomic E-state index is 5.82. The van der Waals surface area contributed by atoms with Crippen LogP contribution in [-0.4, -0.2) is 30.8 Å². The molecule has 0 aromatic carbocycles. The third-order valence-corrected chi connectivity index (χ3v) is 2.45. The van der Waals surface area contributed by atoms with Crippen molar-refractivity contribution in [2.24, 2.45) is 0 Å². The maximum Gasteiger partial charge on any atom is 0.239 e. The number of pyridine rings is 1. The Morgan fingerprint density at radius 1 is 1.39 bits per heavy atom. The molecule has 5 heteroatoms. The number of hydrogen-bond donors (Lipinski definition) is 2. The Kier molecular flexibility index (Phi) is 5.71. The monoisotopic (exact) mass is 253 g/mol. The summed E-state index contributed by atoms with van der Waals surface area (Å²) in [4.78, 5) is 4.37. The minimum atomic E-state index is 0.0518. The molecule has 5 nitrogen and oxygen atoms in total. The molecule has 0 amide bonds. The fourth-order valence-corrected chi connectivity index (χ4v) is 1.52. The summed E-state index contributed by atoms with van der Waals surface area (Å²) >= 11 is 0. The lowest BCUT2D eigenvalue weighted by atomic mass is 10.2. The highest BCUT2D eigenvalue weighted by Crippen LogP contribution is 2.22. The van der Waals surface area contributed by atoms with Crippen LogP contribution in [0.5, 0.6) is 5.88 Å². The molecule has 0 radical (unpaired) electrons. The van der Waals surface area contributed by atoms with Gasteiger partial charge >= 0.3 is 0 Å². The zero-order valence-corrected chi connectivity index (χ0v) is 11.6. The minimum Gasteiger partial charge on any atom is -0.473 e. The predicted octanol–water partition coefficient (Wildman–Crippen LogP) is 2.29. The zero-order chi connectivity index (χ0) is 13.5. The van der Waals surface area contributed by atoms with E-state index in [1.165, 1.54) is 0 Å². The number of nitrogen functional groups attached to an aromatic ring is 1. The number of anilines is 2. The highest BCUT2D eigenvalue weighted by Gasteiger charge is 2.10. The van der Waals surface area contributed by atoms with Gasteiger partial charge in [0.15, 0.2) is 0 Å². The van der Waals surface area contributed by atoms with Crippen molar-refractivity contribution in [1.82, 2.24) is 4.98 Å². The maximum atomic E-state index is 5.82. The van der Waals surface area contributed by atoms with E-state index in [-0.39, 0.29) is 12.1 Å². The average Bonchev–Trinajstić information content (AvgIpc) is 2.32. The van der Waals surface area contributed by atoms with Gasteiger partial charge in [0.2, 0.25) is 5.88 Å². The molecule has 1 heterocycles. The first-order valence-corrected chi connectivity index (χ1v) is 6.25. The Morgan fingerprint density at radius 3 is 2.67 bits per heavy atom. The molecular formula is C13H23N3O2. The molecule has 0 saturated heterocycles. The Morgan fingerprint density at radius 2 is 2.11 bits per heavy atom. The van der Waals surface area contributed by atoms with Crippen molar-refractivity contribution in [3.05, 3.63) is 12.1 Å². The molecule has 18 heavy (non-hydrogen) atoms. The van der Waals surface area contributed by atoms with Crippen LogP contribution in [0.2, 0.25) is 0 Å². The molecule has 1 aromatic heterocycles. The van der Waals surface area contributed by atoms with Crippen LogP contribution >= 0.6 is 0 Å². The van der Waals surface area contributed by atoms with Crippen LogP contribution in [0.25, 0.3) is 0 Å². The van der Waals surface area contributed by atoms with Crippen LogP contribution in [0.4, 0.5) is 11.5 Å². The molecule has 3 N–H and O–H groups in total. The van der Waals surface area contributed by atoms with Crippen molar-refractivity contribution < 1.29 is 9.47 Å². The summed E-state index contributed by atoms with van der Waals surface area (Å²) in [5.74, 6) is 1.23. The predicted molar refractivity (Wildman–Crippen MR) is 74.0 cm³/mol. The lowest BCUT2D eigenvalue weighted by Crippen LogP contribution is -2.24. The molecule has 0 aliphatic rings. The Balaban J connectivity index is 2.77. The van der Waals surface area contributed by atoms with E-state index in [4.69, 9.17) is 15.2 Å². The third-order valence-electron chi connectivity index (χ3n) is 2.45. The van der Waals surface area contributed by atoms with Crippen LogP contribution in [0.1, 0.15) is 27.2 Å². The van der Waals surface area contributed by atoms with E-state index in [9.17, 15) is 0 Å². The molecule has 0 aliphatic heterocycles. The first-order valence-electron chi connectivity index (χ1n) is 6.25. The van der Waals surface area contributed by atoms with E-state index in [1.54, 1.807) is 13.2 Å². The second-order valence-electron chi connectivity index (χ2n) is 4.46. The van der Waals surface area contributed by atoms with Gasteiger partial charge in [-0.3, -0.25) is 0 Å². The van der Waals surface area contributed by atoms with Crippen molar-refractivity contribution in [2.45, 2.75) is 39.3 Å². The van der Waals surface area contributed by atoms with Gasteiger partial charge in [0.05, 0.1) is 24.4 Å². The van der Waals surface area contributed by atoms with Crippen LogP contribution in [-0.2, 0) is 4.74 Å². The van der Waals surface area contributed by atoms with E-state index in [0.717, 1.165) is 12.2 Å². The normalized spacial score (nSPS) is 12.5. The Labute approximate surface area is 109 Å². The van der Waals surface area contributed by atoms with E-state index < -0.39 is 0 Å². The molecule has 0 aliphatic carbocycles. The minimum absolute atomic E-state index is 0.0518. The van der Waals surface area contributed by atoms with Gasteiger partial charge in [-0.25, -0.2) is 0 Å². The topological polar surface area (TPSA) is 69.4 Å². The third kappa shape index (κ3) is 4.41. The van der Waals surface area contributed by atoms with Crippen LogP contribution in [0.15, 0.2) is 12.1 Å². The number of hydrogen-bond acceptors (Lipinski definition) is 5. The summed E-state index contributed by atoms with van der Waals surface area (Å²) in [5, 5.41) is 3.30. The molecule has 0 fully saturated rings. The largest absolute Gasteiger partial charge is 0.473 e. The van der Waals surface area contributed by atoms with Gasteiger partial charge in [-0.15, -0.1) is 0 Å². The lowest BCUT2D eigenvalue weighted by Gasteiger charge is -2.18. The molecular weight excluding hydrogens is 230 g/mol. The molecule has 1 atom stereocenters. The molecule has 0 spiro atoms. The first-order chi connectivity index (χ1) is 8.56. The van der Waals surface area contributed by atoms with Crippen molar-refractivity contribution >= 4 is 11.5 Å². The Hall–Kier alpha value is -1.49. The van der Waals surface area contributed by atoms with Crippen molar-refractivity contribution in [2.75, 3.05) is 24.8 Å². The number of methoxy groups -OCH3 is 1. The van der Waals surface area contributed by atoms with E-state index in [1.807, 2.05) is 19.9 Å². The molecule has 102 valence electrons. The van der Waals surface area contributed by atoms with Gasteiger partial charge in [-0.05, 0) is 32.4 Å². The second kappa shape index (κ2) is 7.06. The fraction of sp³-hybridized carbons (Fsp3) is 0.615. The number of nitrogens with one attached hydrogen (secondary N) is 1. The molecule has 1 aromatic rings. The van der Waals surface area contributed by atoms with Gasteiger partial charge in [-0.1, -0.05) is 6.92 Å². The van der Waals surface area contributed by atoms with Crippen molar-refractivity contribution in [3.63, 3.8) is 0 Å². The number of nitrogens with zero attached hydrogens (tertiary/aromatic N) is 1. The summed E-state index contributed by atoms with van der Waals surface area (Å²) in [5.41, 5.74) is 6.37. The highest BCUT2D eigenvalue weighted by atomic mass is 16.5. The number of rotatable bonds is 7. The van der Waals surface area contributed by atoms with Crippen LogP contribution in [0, 0.1) is 0 Å². The van der Waals surface area contributed by atoms with Crippen molar-refractivity contribution in [3.8, 4) is 5.88 Å². The van der Waals surface area contributed by atoms with Gasteiger partial charge in [0.25, 0.3) is 0 Å². The van der Waals surface area contributed by atoms with E-state index >= 15 is 0 Å². The smallest absolute Gasteiger partial charge is 0.239 e. The molecule has 0 saturated carbocycles. The summed E-state index contributed by atoms with van der Waals surface area (Å²) < 4.78 is 10.7. The fourth-order valence-electron chi connectivity index (χ4n) is 1.52. The van der Waals surface area contributed by atoms with Crippen LogP contribution in [0.3, 0.4) is 0 Å². The zero-order valence-electron chi connectivity index (χ0n) is 11.6. The molecule has 0 bridgehead atoms. The standard InChI is InChI=1S/C13H23N3O2/c1-5-10(8-17-4)15-12-7-6-11(14)13(16-12)18-9(2)3/h6-7,9-10H,5,8,14H2,1-4H3,(H,15,16). The number of ether oxygens (including phenoxy) is 2. The first kappa shape index (κ1) is 14.6. The molecule has 1 unspecified atom stereocenters. The van der Waals surface area contributed by atoms with E-state index in [0.29, 0.717) is 18.2 Å². The summed E-state index contributed by atoms with van der Waals surface area (Å²) in [6, 6.07) is 3.88. The van der Waals surface area contributed by atoms with Gasteiger partial charge in [-0.2, -0.15) is 4.98 Å². The summed E-state index contributed by atoms with van der Waals surface area (Å²) in [6.45, 7) is 6.63.